The third-order valence-electron chi connectivity index (χ3n) is 6.04. The average molecular weight is 389 g/mol. The fourth-order valence-electron chi connectivity index (χ4n) is 4.82. The number of imide groups is 1. The van der Waals surface area contributed by atoms with E-state index >= 15 is 0 Å². The Kier molecular flexibility index (Phi) is 3.74. The summed E-state index contributed by atoms with van der Waals surface area (Å²) in [5.74, 6) is -2.16. The summed E-state index contributed by atoms with van der Waals surface area (Å²) in [6, 6.07) is 13.0. The number of nitrogens with two attached hydrogens (primary N) is 1. The minimum atomic E-state index is -0.879. The van der Waals surface area contributed by atoms with Gasteiger partial charge in [0.1, 0.15) is 11.8 Å². The van der Waals surface area contributed by atoms with E-state index in [1.54, 1.807) is 31.4 Å². The van der Waals surface area contributed by atoms with Crippen LogP contribution < -0.4 is 20.3 Å². The van der Waals surface area contributed by atoms with Crippen LogP contribution in [0.3, 0.4) is 0 Å². The highest BCUT2D eigenvalue weighted by Gasteiger charge is 2.64. The first-order valence-corrected chi connectivity index (χ1v) is 9.39. The SMILES string of the molecule is COc1ccc(N2C(=O)[C@@H]3[C@H](C2=O)[C@H](C(N)=O)N2c4ccccc4C=C[C@@H]32)cc1. The summed E-state index contributed by atoms with van der Waals surface area (Å²) in [5.41, 5.74) is 7.95. The number of hydrogen-bond acceptors (Lipinski definition) is 5. The Balaban J connectivity index is 1.59. The number of para-hydroxylation sites is 1. The number of methoxy groups -OCH3 is 1. The molecule has 146 valence electrons. The van der Waals surface area contributed by atoms with Crippen LogP contribution in [0.2, 0.25) is 0 Å². The number of ether oxygens (including phenoxy) is 1. The van der Waals surface area contributed by atoms with E-state index in [9.17, 15) is 14.4 Å². The van der Waals surface area contributed by atoms with E-state index in [4.69, 9.17) is 10.5 Å². The van der Waals surface area contributed by atoms with Crippen molar-refractivity contribution in [1.82, 2.24) is 0 Å². The minimum absolute atomic E-state index is 0.312. The maximum Gasteiger partial charge on any atom is 0.241 e. The second-order valence-electron chi connectivity index (χ2n) is 7.42. The second kappa shape index (κ2) is 6.20. The Morgan fingerprint density at radius 3 is 2.38 bits per heavy atom. The Labute approximate surface area is 167 Å². The lowest BCUT2D eigenvalue weighted by atomic mass is 9.88. The Morgan fingerprint density at radius 2 is 1.69 bits per heavy atom. The third-order valence-corrected chi connectivity index (χ3v) is 6.04. The zero-order valence-corrected chi connectivity index (χ0v) is 15.7. The van der Waals surface area contributed by atoms with E-state index in [1.165, 1.54) is 4.90 Å². The minimum Gasteiger partial charge on any atom is -0.497 e. The smallest absolute Gasteiger partial charge is 0.241 e. The lowest BCUT2D eigenvalue weighted by molar-refractivity contribution is -0.127. The van der Waals surface area contributed by atoms with Crippen LogP contribution in [-0.4, -0.2) is 36.9 Å². The van der Waals surface area contributed by atoms with E-state index in [0.717, 1.165) is 11.3 Å². The third kappa shape index (κ3) is 2.33. The number of hydrogen-bond donors (Lipinski definition) is 1. The van der Waals surface area contributed by atoms with Crippen LogP contribution in [0.15, 0.2) is 54.6 Å². The molecule has 0 aromatic heterocycles. The van der Waals surface area contributed by atoms with Crippen molar-refractivity contribution < 1.29 is 19.1 Å². The summed E-state index contributed by atoms with van der Waals surface area (Å²) in [6.45, 7) is 0. The maximum atomic E-state index is 13.3. The monoisotopic (exact) mass is 389 g/mol. The Hall–Kier alpha value is -3.61. The van der Waals surface area contributed by atoms with Crippen molar-refractivity contribution in [2.45, 2.75) is 12.1 Å². The molecule has 4 atom stereocenters. The predicted octanol–water partition coefficient (Wildman–Crippen LogP) is 1.57. The van der Waals surface area contributed by atoms with Gasteiger partial charge in [-0.05, 0) is 35.9 Å². The molecule has 5 rings (SSSR count). The van der Waals surface area contributed by atoms with E-state index < -0.39 is 35.7 Å². The van der Waals surface area contributed by atoms with Gasteiger partial charge in [0, 0.05) is 5.69 Å². The molecule has 0 aliphatic carbocycles. The highest BCUT2D eigenvalue weighted by molar-refractivity contribution is 6.24. The molecule has 0 spiro atoms. The Bertz CT molecular complexity index is 1060. The number of amides is 3. The number of anilines is 2. The van der Waals surface area contributed by atoms with Crippen molar-refractivity contribution >= 4 is 35.2 Å². The molecule has 3 aliphatic heterocycles. The zero-order chi connectivity index (χ0) is 20.3. The summed E-state index contributed by atoms with van der Waals surface area (Å²) < 4.78 is 5.15. The van der Waals surface area contributed by atoms with Crippen LogP contribution in [-0.2, 0) is 14.4 Å². The quantitative estimate of drug-likeness (QED) is 0.805. The molecule has 2 aromatic carbocycles. The van der Waals surface area contributed by atoms with Gasteiger partial charge < -0.3 is 15.4 Å². The van der Waals surface area contributed by atoms with Gasteiger partial charge in [-0.25, -0.2) is 4.90 Å². The molecule has 2 fully saturated rings. The van der Waals surface area contributed by atoms with E-state index in [2.05, 4.69) is 0 Å². The molecule has 2 N–H and O–H groups in total. The van der Waals surface area contributed by atoms with Gasteiger partial charge in [-0.3, -0.25) is 14.4 Å². The van der Waals surface area contributed by atoms with Gasteiger partial charge in [-0.2, -0.15) is 0 Å². The summed E-state index contributed by atoms with van der Waals surface area (Å²) in [7, 11) is 1.55. The number of primary amides is 1. The van der Waals surface area contributed by atoms with Gasteiger partial charge in [-0.1, -0.05) is 30.4 Å². The molecule has 3 aliphatic rings. The molecule has 3 heterocycles. The van der Waals surface area contributed by atoms with Crippen LogP contribution in [0.25, 0.3) is 6.08 Å². The van der Waals surface area contributed by atoms with Crippen molar-refractivity contribution in [3.8, 4) is 5.75 Å². The van der Waals surface area contributed by atoms with Crippen LogP contribution in [0.1, 0.15) is 5.56 Å². The number of fused-ring (bicyclic) bond motifs is 5. The first-order chi connectivity index (χ1) is 14.0. The molecule has 0 saturated carbocycles. The predicted molar refractivity (Wildman–Crippen MR) is 107 cm³/mol. The van der Waals surface area contributed by atoms with Gasteiger partial charge in [0.05, 0.1) is 30.7 Å². The largest absolute Gasteiger partial charge is 0.497 e. The normalized spacial score (nSPS) is 26.9. The molecule has 7 heteroatoms. The van der Waals surface area contributed by atoms with Crippen molar-refractivity contribution in [3.63, 3.8) is 0 Å². The van der Waals surface area contributed by atoms with Crippen molar-refractivity contribution in [2.75, 3.05) is 16.9 Å². The molecule has 29 heavy (non-hydrogen) atoms. The highest BCUT2D eigenvalue weighted by Crippen LogP contribution is 2.48. The van der Waals surface area contributed by atoms with Crippen LogP contribution >= 0.6 is 0 Å². The summed E-state index contributed by atoms with van der Waals surface area (Å²) in [6.07, 6.45) is 3.83. The van der Waals surface area contributed by atoms with Crippen molar-refractivity contribution in [3.05, 3.63) is 60.2 Å². The molecule has 0 unspecified atom stereocenters. The van der Waals surface area contributed by atoms with Gasteiger partial charge >= 0.3 is 0 Å². The second-order valence-corrected chi connectivity index (χ2v) is 7.42. The fourth-order valence-corrected chi connectivity index (χ4v) is 4.82. The maximum absolute atomic E-state index is 13.3. The van der Waals surface area contributed by atoms with E-state index in [0.29, 0.717) is 11.4 Å². The molecular weight excluding hydrogens is 370 g/mol. The first-order valence-electron chi connectivity index (χ1n) is 9.39. The average Bonchev–Trinajstić information content (AvgIpc) is 3.21. The topological polar surface area (TPSA) is 92.9 Å². The van der Waals surface area contributed by atoms with Gasteiger partial charge in [-0.15, -0.1) is 0 Å². The molecule has 7 nitrogen and oxygen atoms in total. The number of rotatable bonds is 3. The molecular formula is C22H19N3O4. The molecule has 0 radical (unpaired) electrons. The van der Waals surface area contributed by atoms with Crippen molar-refractivity contribution in [2.24, 2.45) is 17.6 Å². The molecule has 2 aromatic rings. The lowest BCUT2D eigenvalue weighted by Crippen LogP contribution is -2.50. The van der Waals surface area contributed by atoms with Crippen LogP contribution in [0, 0.1) is 11.8 Å². The summed E-state index contributed by atoms with van der Waals surface area (Å²) >= 11 is 0. The van der Waals surface area contributed by atoms with Gasteiger partial charge in [0.2, 0.25) is 17.7 Å². The van der Waals surface area contributed by atoms with E-state index in [-0.39, 0.29) is 5.91 Å². The number of carbonyl (C=O) groups is 3. The molecule has 0 bridgehead atoms. The number of carbonyl (C=O) groups excluding carboxylic acids is 3. The van der Waals surface area contributed by atoms with E-state index in [1.807, 2.05) is 41.3 Å². The first kappa shape index (κ1) is 17.5. The molecule has 3 amide bonds. The van der Waals surface area contributed by atoms with Crippen molar-refractivity contribution in [1.29, 1.82) is 0 Å². The highest BCUT2D eigenvalue weighted by atomic mass is 16.5. The number of benzene rings is 2. The van der Waals surface area contributed by atoms with Gasteiger partial charge in [0.25, 0.3) is 0 Å². The Morgan fingerprint density at radius 1 is 1.00 bits per heavy atom. The standard InChI is InChI=1S/C22H19N3O4/c1-29-14-9-7-13(8-10-14)24-21(27)17-16-11-6-12-4-2-3-5-15(12)25(16)19(20(23)26)18(17)22(24)28/h2-11,16-19H,1H3,(H2,23,26)/t16-,17-,18-,19+/m0/s1. The number of nitrogens with zero attached hydrogens (tertiary/aromatic N) is 2. The fraction of sp³-hybridized carbons (Fsp3) is 0.227. The summed E-state index contributed by atoms with van der Waals surface area (Å²) in [5, 5.41) is 0. The zero-order valence-electron chi connectivity index (χ0n) is 15.7. The van der Waals surface area contributed by atoms with Gasteiger partial charge in [0.15, 0.2) is 0 Å². The van der Waals surface area contributed by atoms with Crippen LogP contribution in [0.5, 0.6) is 5.75 Å². The molecule has 2 saturated heterocycles. The summed E-state index contributed by atoms with van der Waals surface area (Å²) in [4.78, 5) is 42.2. The van der Waals surface area contributed by atoms with Crippen LogP contribution in [0.4, 0.5) is 11.4 Å². The lowest BCUT2D eigenvalue weighted by Gasteiger charge is -2.35.